The third-order valence-corrected chi connectivity index (χ3v) is 7.06. The van der Waals surface area contributed by atoms with Crippen LogP contribution in [0.25, 0.3) is 11.8 Å². The zero-order valence-corrected chi connectivity index (χ0v) is 19.8. The lowest BCUT2D eigenvalue weighted by Gasteiger charge is -2.37. The van der Waals surface area contributed by atoms with E-state index in [0.29, 0.717) is 42.9 Å². The molecule has 2 saturated heterocycles. The Bertz CT molecular complexity index is 1120. The highest BCUT2D eigenvalue weighted by atomic mass is 35.5. The Hall–Kier alpha value is -2.79. The van der Waals surface area contributed by atoms with Crippen LogP contribution in [0, 0.1) is 0 Å². The maximum absolute atomic E-state index is 13.1. The molecule has 3 aliphatic rings. The summed E-state index contributed by atoms with van der Waals surface area (Å²) in [7, 11) is 1.60. The Morgan fingerprint density at radius 2 is 2.15 bits per heavy atom. The van der Waals surface area contributed by atoms with Crippen molar-refractivity contribution in [2.45, 2.75) is 31.5 Å². The maximum Gasteiger partial charge on any atom is 0.416 e. The average Bonchev–Trinajstić information content (AvgIpc) is 3.37. The molecule has 10 nitrogen and oxygen atoms in total. The molecule has 34 heavy (non-hydrogen) atoms. The van der Waals surface area contributed by atoms with Gasteiger partial charge in [-0.3, -0.25) is 4.90 Å². The quantitative estimate of drug-likeness (QED) is 0.526. The van der Waals surface area contributed by atoms with Crippen molar-refractivity contribution in [2.75, 3.05) is 44.8 Å². The van der Waals surface area contributed by atoms with Crippen LogP contribution in [0.2, 0.25) is 0 Å². The van der Waals surface area contributed by atoms with Crippen molar-refractivity contribution < 1.29 is 19.4 Å². The van der Waals surface area contributed by atoms with Gasteiger partial charge in [-0.25, -0.2) is 9.48 Å². The van der Waals surface area contributed by atoms with E-state index in [2.05, 4.69) is 10.2 Å². The highest BCUT2D eigenvalue weighted by Gasteiger charge is 2.49. The van der Waals surface area contributed by atoms with Gasteiger partial charge in [0.15, 0.2) is 5.82 Å². The third-order valence-electron chi connectivity index (χ3n) is 6.82. The molecule has 5 rings (SSSR count). The van der Waals surface area contributed by atoms with Gasteiger partial charge in [-0.05, 0) is 23.8 Å². The van der Waals surface area contributed by atoms with E-state index >= 15 is 0 Å². The van der Waals surface area contributed by atoms with Crippen molar-refractivity contribution in [2.24, 2.45) is 5.73 Å². The zero-order valence-electron chi connectivity index (χ0n) is 19.1. The number of nitrogens with two attached hydrogens (primary N) is 1. The minimum Gasteiger partial charge on any atom is -0.494 e. The van der Waals surface area contributed by atoms with Gasteiger partial charge in [0.2, 0.25) is 0 Å². The molecule has 0 aliphatic carbocycles. The predicted molar refractivity (Wildman–Crippen MR) is 128 cm³/mol. The topological polar surface area (TPSA) is 118 Å². The average molecular weight is 489 g/mol. The predicted octanol–water partition coefficient (Wildman–Crippen LogP) is 1.76. The Morgan fingerprint density at radius 1 is 1.35 bits per heavy atom. The molecule has 4 N–H and O–H groups in total. The van der Waals surface area contributed by atoms with Crippen molar-refractivity contribution in [3.63, 3.8) is 0 Å². The maximum atomic E-state index is 13.1. The number of methoxy groups -OCH3 is 1. The molecule has 2 fully saturated rings. The van der Waals surface area contributed by atoms with E-state index in [1.165, 1.54) is 0 Å². The number of piperidine rings is 1. The fraction of sp³-hybridized carbons (Fsp3) is 0.478. The van der Waals surface area contributed by atoms with E-state index in [4.69, 9.17) is 31.9 Å². The Labute approximate surface area is 202 Å². The molecule has 1 aromatic heterocycles. The van der Waals surface area contributed by atoms with Crippen molar-refractivity contribution in [1.82, 2.24) is 20.0 Å². The molecule has 0 atom stereocenters. The number of aliphatic hydroxyl groups is 1. The molecule has 3 aliphatic heterocycles. The van der Waals surface area contributed by atoms with Crippen molar-refractivity contribution in [1.29, 1.82) is 0 Å². The summed E-state index contributed by atoms with van der Waals surface area (Å²) >= 11 is 6.31. The number of amides is 1. The van der Waals surface area contributed by atoms with Crippen LogP contribution in [0.5, 0.6) is 5.75 Å². The number of aliphatic hydroxyl groups excluding tert-OH is 1. The summed E-state index contributed by atoms with van der Waals surface area (Å²) in [6.07, 6.45) is 2.85. The Morgan fingerprint density at radius 3 is 2.85 bits per heavy atom. The number of halogens is 1. The normalized spacial score (nSPS) is 19.6. The first-order valence-electron chi connectivity index (χ1n) is 11.4. The Kier molecular flexibility index (Phi) is 6.15. The highest BCUT2D eigenvalue weighted by Crippen LogP contribution is 2.39. The lowest BCUT2D eigenvalue weighted by molar-refractivity contribution is -0.00217. The molecule has 0 bridgehead atoms. The number of β-amino-alcohol motifs (C(OH)–C–C–N with tert-alkyl or cyclic N) is 1. The number of fused-ring (bicyclic) bond motifs is 1. The minimum absolute atomic E-state index is 0.126. The van der Waals surface area contributed by atoms with Crippen molar-refractivity contribution >= 4 is 29.6 Å². The fourth-order valence-corrected chi connectivity index (χ4v) is 5.08. The van der Waals surface area contributed by atoms with Gasteiger partial charge in [0.25, 0.3) is 0 Å². The van der Waals surface area contributed by atoms with E-state index < -0.39 is 11.7 Å². The largest absolute Gasteiger partial charge is 0.494 e. The molecule has 1 amide bonds. The van der Waals surface area contributed by atoms with Crippen LogP contribution in [-0.2, 0) is 17.8 Å². The van der Waals surface area contributed by atoms with E-state index in [1.54, 1.807) is 22.8 Å². The summed E-state index contributed by atoms with van der Waals surface area (Å²) < 4.78 is 13.3. The van der Waals surface area contributed by atoms with Crippen molar-refractivity contribution in [3.8, 4) is 11.4 Å². The SMILES string of the molecule is COc1cc(CN)ccc1-n1nc(N2CC3(CCN(CCO)CC3)OC2=O)c2c1C=C(Cl)NC2. The van der Waals surface area contributed by atoms with Gasteiger partial charge >= 0.3 is 6.09 Å². The summed E-state index contributed by atoms with van der Waals surface area (Å²) in [6, 6.07) is 5.72. The number of rotatable bonds is 6. The van der Waals surface area contributed by atoms with Gasteiger partial charge < -0.3 is 30.5 Å². The summed E-state index contributed by atoms with van der Waals surface area (Å²) in [4.78, 5) is 16.9. The van der Waals surface area contributed by atoms with Crippen LogP contribution in [0.4, 0.5) is 10.6 Å². The number of nitrogens with one attached hydrogen (secondary N) is 1. The number of likely N-dealkylation sites (tertiary alicyclic amines) is 1. The minimum atomic E-state index is -0.546. The van der Waals surface area contributed by atoms with Gasteiger partial charge in [-0.1, -0.05) is 17.7 Å². The zero-order chi connectivity index (χ0) is 23.9. The van der Waals surface area contributed by atoms with Gasteiger partial charge in [0.05, 0.1) is 26.0 Å². The van der Waals surface area contributed by atoms with E-state index in [0.717, 1.165) is 48.4 Å². The number of nitrogens with zero attached hydrogens (tertiary/aromatic N) is 4. The summed E-state index contributed by atoms with van der Waals surface area (Å²) in [6.45, 7) is 3.58. The second-order valence-corrected chi connectivity index (χ2v) is 9.26. The number of ether oxygens (including phenoxy) is 2. The molecule has 0 radical (unpaired) electrons. The first-order chi connectivity index (χ1) is 16.5. The van der Waals surface area contributed by atoms with Crippen LogP contribution in [0.15, 0.2) is 23.4 Å². The van der Waals surface area contributed by atoms with Gasteiger partial charge in [0, 0.05) is 51.1 Å². The van der Waals surface area contributed by atoms with Gasteiger partial charge in [-0.15, -0.1) is 5.10 Å². The van der Waals surface area contributed by atoms with E-state index in [-0.39, 0.29) is 6.61 Å². The van der Waals surface area contributed by atoms with Crippen molar-refractivity contribution in [3.05, 3.63) is 40.2 Å². The highest BCUT2D eigenvalue weighted by molar-refractivity contribution is 6.31. The molecule has 1 spiro atoms. The molecule has 0 saturated carbocycles. The lowest BCUT2D eigenvalue weighted by Crippen LogP contribution is -2.47. The van der Waals surface area contributed by atoms with Crippen LogP contribution in [0.3, 0.4) is 0 Å². The lowest BCUT2D eigenvalue weighted by atomic mass is 9.91. The molecule has 2 aromatic rings. The second kappa shape index (κ2) is 9.10. The number of hydrogen-bond donors (Lipinski definition) is 3. The number of carbonyl (C=O) groups excluding carboxylic acids is 1. The first-order valence-corrected chi connectivity index (χ1v) is 11.8. The number of hydrogen-bond acceptors (Lipinski definition) is 8. The number of aromatic nitrogens is 2. The van der Waals surface area contributed by atoms with Crippen LogP contribution < -0.4 is 20.7 Å². The Balaban J connectivity index is 1.51. The monoisotopic (exact) mass is 488 g/mol. The molecule has 0 unspecified atom stereocenters. The van der Waals surface area contributed by atoms with Gasteiger partial charge in [0.1, 0.15) is 22.2 Å². The van der Waals surface area contributed by atoms with Crippen LogP contribution in [-0.4, -0.2) is 71.4 Å². The second-order valence-electron chi connectivity index (χ2n) is 8.86. The molecule has 4 heterocycles. The summed E-state index contributed by atoms with van der Waals surface area (Å²) in [5.74, 6) is 1.17. The number of benzene rings is 1. The van der Waals surface area contributed by atoms with Crippen LogP contribution >= 0.6 is 11.6 Å². The fourth-order valence-electron chi connectivity index (χ4n) is 4.91. The molecule has 182 valence electrons. The van der Waals surface area contributed by atoms with Crippen LogP contribution in [0.1, 0.15) is 29.7 Å². The first kappa shape index (κ1) is 23.0. The number of anilines is 1. The number of carbonyl (C=O) groups is 1. The molecular formula is C23H29ClN6O4. The molecule has 1 aromatic carbocycles. The molecule has 11 heteroatoms. The summed E-state index contributed by atoms with van der Waals surface area (Å²) in [5, 5.41) is 17.7. The standard InChI is InChI=1S/C23H29ClN6O4/c1-33-19-10-15(12-25)2-3-17(19)30-18-11-20(24)26-13-16(18)21(27-30)29-14-23(34-22(29)32)4-6-28(7-5-23)8-9-31/h2-3,10-11,26,31H,4-9,12-14,25H2,1H3. The smallest absolute Gasteiger partial charge is 0.416 e. The van der Waals surface area contributed by atoms with Gasteiger partial charge in [-0.2, -0.15) is 0 Å². The third kappa shape index (κ3) is 4.00. The van der Waals surface area contributed by atoms with E-state index in [1.807, 2.05) is 18.2 Å². The summed E-state index contributed by atoms with van der Waals surface area (Å²) in [5.41, 5.74) is 8.56. The van der Waals surface area contributed by atoms with E-state index in [9.17, 15) is 9.90 Å². The molecular weight excluding hydrogens is 460 g/mol.